The summed E-state index contributed by atoms with van der Waals surface area (Å²) in [6, 6.07) is 18.9. The van der Waals surface area contributed by atoms with Crippen LogP contribution in [0.2, 0.25) is 0 Å². The van der Waals surface area contributed by atoms with Crippen molar-refractivity contribution in [2.75, 3.05) is 11.1 Å². The molecule has 1 heterocycles. The van der Waals surface area contributed by atoms with Gasteiger partial charge in [-0.1, -0.05) is 60.3 Å². The maximum Gasteiger partial charge on any atom is 0.254 e. The van der Waals surface area contributed by atoms with Crippen LogP contribution in [0.15, 0.2) is 84.5 Å². The second-order valence-electron chi connectivity index (χ2n) is 7.81. The van der Waals surface area contributed by atoms with Gasteiger partial charge in [0, 0.05) is 12.2 Å². The van der Waals surface area contributed by atoms with Crippen molar-refractivity contribution in [1.29, 1.82) is 0 Å². The molecule has 9 heteroatoms. The first-order valence-corrected chi connectivity index (χ1v) is 12.0. The van der Waals surface area contributed by atoms with Crippen molar-refractivity contribution in [3.8, 4) is 0 Å². The van der Waals surface area contributed by atoms with Crippen molar-refractivity contribution in [3.05, 3.63) is 96.6 Å². The molecule has 0 spiro atoms. The van der Waals surface area contributed by atoms with E-state index in [1.807, 2.05) is 42.5 Å². The van der Waals surface area contributed by atoms with E-state index in [0.717, 1.165) is 10.8 Å². The predicted molar refractivity (Wildman–Crippen MR) is 136 cm³/mol. The topological polar surface area (TPSA) is 88.9 Å². The van der Waals surface area contributed by atoms with Gasteiger partial charge in [0.05, 0.1) is 17.4 Å². The molecule has 178 valence electrons. The Balaban J connectivity index is 1.42. The summed E-state index contributed by atoms with van der Waals surface area (Å²) in [6.07, 6.45) is 1.68. The Morgan fingerprint density at radius 2 is 1.83 bits per heavy atom. The van der Waals surface area contributed by atoms with Crippen LogP contribution in [-0.2, 0) is 11.3 Å². The fourth-order valence-electron chi connectivity index (χ4n) is 3.61. The monoisotopic (exact) mass is 489 g/mol. The van der Waals surface area contributed by atoms with E-state index in [4.69, 9.17) is 0 Å². The standard InChI is InChI=1S/C26H24FN5O2S/c1-3-14-32-24(17(2)28-25(34)21-10-6-7-11-22(21)27)30-31-26(32)35-16-23(33)29-20-13-12-18-8-4-5-9-19(18)15-20/h3-13,15,17H,1,14,16H2,2H3,(H,28,34)(H,29,33). The number of nitrogens with zero attached hydrogens (tertiary/aromatic N) is 3. The van der Waals surface area contributed by atoms with Crippen molar-refractivity contribution in [3.63, 3.8) is 0 Å². The molecule has 0 bridgehead atoms. The first-order valence-electron chi connectivity index (χ1n) is 11.0. The lowest BCUT2D eigenvalue weighted by molar-refractivity contribution is -0.113. The number of thioether (sulfide) groups is 1. The number of hydrogen-bond donors (Lipinski definition) is 2. The molecular weight excluding hydrogens is 465 g/mol. The number of carbonyl (C=O) groups is 2. The summed E-state index contributed by atoms with van der Waals surface area (Å²) < 4.78 is 15.7. The van der Waals surface area contributed by atoms with Crippen LogP contribution in [0.5, 0.6) is 0 Å². The summed E-state index contributed by atoms with van der Waals surface area (Å²) in [4.78, 5) is 25.1. The Morgan fingerprint density at radius 1 is 1.09 bits per heavy atom. The Kier molecular flexibility index (Phi) is 7.57. The summed E-state index contributed by atoms with van der Waals surface area (Å²) in [5.74, 6) is -0.725. The Bertz CT molecular complexity index is 1390. The number of carbonyl (C=O) groups excluding carboxylic acids is 2. The lowest BCUT2D eigenvalue weighted by Gasteiger charge is -2.15. The molecule has 0 saturated heterocycles. The number of rotatable bonds is 9. The van der Waals surface area contributed by atoms with E-state index < -0.39 is 17.8 Å². The summed E-state index contributed by atoms with van der Waals surface area (Å²) >= 11 is 1.23. The minimum absolute atomic E-state index is 0.0471. The van der Waals surface area contributed by atoms with Gasteiger partial charge in [0.25, 0.3) is 5.91 Å². The molecule has 0 aliphatic heterocycles. The van der Waals surface area contributed by atoms with E-state index >= 15 is 0 Å². The molecule has 3 aromatic carbocycles. The van der Waals surface area contributed by atoms with Gasteiger partial charge in [-0.2, -0.15) is 0 Å². The number of hydrogen-bond acceptors (Lipinski definition) is 5. The van der Waals surface area contributed by atoms with Crippen LogP contribution >= 0.6 is 11.8 Å². The lowest BCUT2D eigenvalue weighted by atomic mass is 10.1. The molecule has 0 aliphatic rings. The zero-order valence-corrected chi connectivity index (χ0v) is 19.9. The molecule has 4 rings (SSSR count). The van der Waals surface area contributed by atoms with E-state index in [2.05, 4.69) is 27.4 Å². The van der Waals surface area contributed by atoms with Gasteiger partial charge in [0.15, 0.2) is 11.0 Å². The largest absolute Gasteiger partial charge is 0.342 e. The van der Waals surface area contributed by atoms with E-state index in [1.54, 1.807) is 23.6 Å². The van der Waals surface area contributed by atoms with E-state index in [-0.39, 0.29) is 17.2 Å². The van der Waals surface area contributed by atoms with Crippen molar-refractivity contribution >= 4 is 40.0 Å². The second-order valence-corrected chi connectivity index (χ2v) is 8.76. The first-order chi connectivity index (χ1) is 17.0. The summed E-state index contributed by atoms with van der Waals surface area (Å²) in [5, 5.41) is 16.7. The summed E-state index contributed by atoms with van der Waals surface area (Å²) in [5.41, 5.74) is 0.668. The first kappa shape index (κ1) is 24.2. The molecule has 2 amide bonds. The normalized spacial score (nSPS) is 11.7. The van der Waals surface area contributed by atoms with Gasteiger partial charge in [0.1, 0.15) is 5.82 Å². The maximum atomic E-state index is 14.0. The fraction of sp³-hybridized carbons (Fsp3) is 0.154. The van der Waals surface area contributed by atoms with Gasteiger partial charge in [-0.3, -0.25) is 9.59 Å². The van der Waals surface area contributed by atoms with Crippen molar-refractivity contribution in [1.82, 2.24) is 20.1 Å². The van der Waals surface area contributed by atoms with Gasteiger partial charge >= 0.3 is 0 Å². The minimum atomic E-state index is -0.599. The van der Waals surface area contributed by atoms with Gasteiger partial charge in [0.2, 0.25) is 5.91 Å². The average Bonchev–Trinajstić information content (AvgIpc) is 3.26. The van der Waals surface area contributed by atoms with Crippen LogP contribution in [0.25, 0.3) is 10.8 Å². The number of allylic oxidation sites excluding steroid dienone is 1. The SMILES string of the molecule is C=CCn1c(SCC(=O)Nc2ccc3ccccc3c2)nnc1C(C)NC(=O)c1ccccc1F. The zero-order valence-electron chi connectivity index (χ0n) is 19.1. The molecule has 1 atom stereocenters. The average molecular weight is 490 g/mol. The number of benzene rings is 3. The van der Waals surface area contributed by atoms with Gasteiger partial charge in [-0.05, 0) is 42.0 Å². The smallest absolute Gasteiger partial charge is 0.254 e. The number of amides is 2. The van der Waals surface area contributed by atoms with Gasteiger partial charge in [-0.25, -0.2) is 4.39 Å². The number of halogens is 1. The number of aromatic nitrogens is 3. The Morgan fingerprint density at radius 3 is 2.60 bits per heavy atom. The third kappa shape index (κ3) is 5.75. The van der Waals surface area contributed by atoms with E-state index in [1.165, 1.54) is 30.0 Å². The third-order valence-corrected chi connectivity index (χ3v) is 6.24. The van der Waals surface area contributed by atoms with Crippen LogP contribution in [0.3, 0.4) is 0 Å². The molecule has 0 saturated carbocycles. The van der Waals surface area contributed by atoms with Crippen molar-refractivity contribution in [2.45, 2.75) is 24.7 Å². The quantitative estimate of drug-likeness (QED) is 0.256. The maximum absolute atomic E-state index is 14.0. The predicted octanol–water partition coefficient (Wildman–Crippen LogP) is 4.98. The number of fused-ring (bicyclic) bond motifs is 1. The van der Waals surface area contributed by atoms with Gasteiger partial charge in [-0.15, -0.1) is 16.8 Å². The fourth-order valence-corrected chi connectivity index (χ4v) is 4.36. The molecule has 1 aromatic heterocycles. The minimum Gasteiger partial charge on any atom is -0.342 e. The molecule has 0 aliphatic carbocycles. The van der Waals surface area contributed by atoms with Crippen molar-refractivity contribution < 1.29 is 14.0 Å². The highest BCUT2D eigenvalue weighted by Gasteiger charge is 2.21. The van der Waals surface area contributed by atoms with Crippen LogP contribution in [0, 0.1) is 5.82 Å². The molecule has 2 N–H and O–H groups in total. The molecule has 0 fully saturated rings. The lowest BCUT2D eigenvalue weighted by Crippen LogP contribution is -2.29. The second kappa shape index (κ2) is 11.0. The summed E-state index contributed by atoms with van der Waals surface area (Å²) in [6.45, 7) is 5.90. The Hall–Kier alpha value is -3.98. The molecule has 1 unspecified atom stereocenters. The highest BCUT2D eigenvalue weighted by atomic mass is 32.2. The molecule has 0 radical (unpaired) electrons. The van der Waals surface area contributed by atoms with E-state index in [9.17, 15) is 14.0 Å². The molecule has 4 aromatic rings. The molecule has 7 nitrogen and oxygen atoms in total. The highest BCUT2D eigenvalue weighted by Crippen LogP contribution is 2.23. The Labute approximate surface area is 206 Å². The van der Waals surface area contributed by atoms with Crippen LogP contribution in [0.4, 0.5) is 10.1 Å². The van der Waals surface area contributed by atoms with Gasteiger partial charge < -0.3 is 15.2 Å². The molecular formula is C26H24FN5O2S. The summed E-state index contributed by atoms with van der Waals surface area (Å²) in [7, 11) is 0. The zero-order chi connectivity index (χ0) is 24.8. The highest BCUT2D eigenvalue weighted by molar-refractivity contribution is 7.99. The van der Waals surface area contributed by atoms with Crippen molar-refractivity contribution in [2.24, 2.45) is 0 Å². The third-order valence-electron chi connectivity index (χ3n) is 5.28. The number of nitrogens with one attached hydrogen (secondary N) is 2. The number of anilines is 1. The van der Waals surface area contributed by atoms with Crippen LogP contribution < -0.4 is 10.6 Å². The van der Waals surface area contributed by atoms with Crippen LogP contribution in [-0.4, -0.2) is 32.3 Å². The molecule has 35 heavy (non-hydrogen) atoms. The van der Waals surface area contributed by atoms with E-state index in [0.29, 0.717) is 23.2 Å². The van der Waals surface area contributed by atoms with Crippen LogP contribution in [0.1, 0.15) is 29.1 Å².